The molecule has 0 bridgehead atoms. The second-order valence-corrected chi connectivity index (χ2v) is 4.68. The van der Waals surface area contributed by atoms with E-state index in [-0.39, 0.29) is 12.1 Å². The smallest absolute Gasteiger partial charge is 0.326 e. The zero-order valence-electron chi connectivity index (χ0n) is 10.6. The van der Waals surface area contributed by atoms with E-state index in [0.29, 0.717) is 13.0 Å². The van der Waals surface area contributed by atoms with E-state index in [1.54, 1.807) is 0 Å². The number of urea groups is 1. The van der Waals surface area contributed by atoms with Crippen molar-refractivity contribution >= 4 is 12.0 Å². The second kappa shape index (κ2) is 6.47. The minimum atomic E-state index is -0.904. The van der Waals surface area contributed by atoms with Gasteiger partial charge < -0.3 is 15.3 Å². The number of carboxylic acids is 1. The topological polar surface area (TPSA) is 69.6 Å². The largest absolute Gasteiger partial charge is 0.480 e. The van der Waals surface area contributed by atoms with Crippen LogP contribution in [0.1, 0.15) is 46.0 Å². The van der Waals surface area contributed by atoms with Crippen molar-refractivity contribution < 1.29 is 14.7 Å². The van der Waals surface area contributed by atoms with Crippen LogP contribution in [0.15, 0.2) is 0 Å². The SMILES string of the molecule is CCCCC(C)NC(=O)N1CCC[C@H]1C(=O)O. The molecule has 0 saturated carbocycles. The van der Waals surface area contributed by atoms with E-state index in [2.05, 4.69) is 12.2 Å². The van der Waals surface area contributed by atoms with Crippen molar-refractivity contribution in [2.24, 2.45) is 0 Å². The van der Waals surface area contributed by atoms with E-state index in [1.807, 2.05) is 6.92 Å². The number of carbonyl (C=O) groups excluding carboxylic acids is 1. The summed E-state index contributed by atoms with van der Waals surface area (Å²) in [5.41, 5.74) is 0. The predicted octanol–water partition coefficient (Wildman–Crippen LogP) is 1.82. The lowest BCUT2D eigenvalue weighted by Gasteiger charge is -2.24. The maximum absolute atomic E-state index is 11.9. The Labute approximate surface area is 102 Å². The lowest BCUT2D eigenvalue weighted by Crippen LogP contribution is -2.48. The van der Waals surface area contributed by atoms with Crippen LogP contribution >= 0.6 is 0 Å². The van der Waals surface area contributed by atoms with Crippen molar-refractivity contribution in [3.8, 4) is 0 Å². The maximum Gasteiger partial charge on any atom is 0.326 e. The van der Waals surface area contributed by atoms with Gasteiger partial charge in [-0.25, -0.2) is 9.59 Å². The molecule has 1 heterocycles. The molecule has 0 radical (unpaired) electrons. The van der Waals surface area contributed by atoms with Crippen LogP contribution in [0.5, 0.6) is 0 Å². The van der Waals surface area contributed by atoms with Crippen LogP contribution in [0.3, 0.4) is 0 Å². The molecule has 1 aliphatic rings. The van der Waals surface area contributed by atoms with E-state index in [0.717, 1.165) is 25.7 Å². The fourth-order valence-corrected chi connectivity index (χ4v) is 2.14. The molecule has 2 atom stereocenters. The van der Waals surface area contributed by atoms with E-state index >= 15 is 0 Å². The molecule has 0 aromatic carbocycles. The van der Waals surface area contributed by atoms with Gasteiger partial charge in [0, 0.05) is 12.6 Å². The van der Waals surface area contributed by atoms with Gasteiger partial charge >= 0.3 is 12.0 Å². The van der Waals surface area contributed by atoms with Gasteiger partial charge in [0.2, 0.25) is 0 Å². The first-order valence-corrected chi connectivity index (χ1v) is 6.36. The minimum Gasteiger partial charge on any atom is -0.480 e. The lowest BCUT2D eigenvalue weighted by atomic mass is 10.1. The molecule has 0 aromatic rings. The van der Waals surface area contributed by atoms with Crippen molar-refractivity contribution in [3.05, 3.63) is 0 Å². The Bertz CT molecular complexity index is 281. The molecule has 0 spiro atoms. The molecule has 1 fully saturated rings. The first-order valence-electron chi connectivity index (χ1n) is 6.36. The van der Waals surface area contributed by atoms with Gasteiger partial charge in [-0.2, -0.15) is 0 Å². The van der Waals surface area contributed by atoms with Gasteiger partial charge in [-0.05, 0) is 26.2 Å². The molecule has 1 rings (SSSR count). The van der Waals surface area contributed by atoms with Crippen LogP contribution in [0, 0.1) is 0 Å². The highest BCUT2D eigenvalue weighted by molar-refractivity contribution is 5.83. The summed E-state index contributed by atoms with van der Waals surface area (Å²) in [6.07, 6.45) is 4.44. The Balaban J connectivity index is 2.43. The average Bonchev–Trinajstić information content (AvgIpc) is 2.75. The summed E-state index contributed by atoms with van der Waals surface area (Å²) in [5.74, 6) is -0.904. The maximum atomic E-state index is 11.9. The first-order chi connectivity index (χ1) is 8.06. The minimum absolute atomic E-state index is 0.109. The number of aliphatic carboxylic acids is 1. The van der Waals surface area contributed by atoms with E-state index < -0.39 is 12.0 Å². The van der Waals surface area contributed by atoms with Gasteiger partial charge in [0.1, 0.15) is 6.04 Å². The molecule has 1 aliphatic heterocycles. The molecule has 17 heavy (non-hydrogen) atoms. The highest BCUT2D eigenvalue weighted by atomic mass is 16.4. The van der Waals surface area contributed by atoms with Gasteiger partial charge in [-0.15, -0.1) is 0 Å². The Morgan fingerprint density at radius 3 is 2.82 bits per heavy atom. The highest BCUT2D eigenvalue weighted by Gasteiger charge is 2.34. The van der Waals surface area contributed by atoms with Gasteiger partial charge in [0.05, 0.1) is 0 Å². The zero-order valence-corrected chi connectivity index (χ0v) is 10.6. The second-order valence-electron chi connectivity index (χ2n) is 4.68. The van der Waals surface area contributed by atoms with Crippen LogP contribution in [-0.2, 0) is 4.79 Å². The van der Waals surface area contributed by atoms with Crippen molar-refractivity contribution in [2.45, 2.75) is 58.0 Å². The number of hydrogen-bond donors (Lipinski definition) is 2. The number of amides is 2. The zero-order chi connectivity index (χ0) is 12.8. The Morgan fingerprint density at radius 2 is 2.24 bits per heavy atom. The normalized spacial score (nSPS) is 21.3. The molecule has 0 aromatic heterocycles. The quantitative estimate of drug-likeness (QED) is 0.772. The molecular weight excluding hydrogens is 220 g/mol. The Hall–Kier alpha value is -1.26. The Morgan fingerprint density at radius 1 is 1.53 bits per heavy atom. The molecule has 1 saturated heterocycles. The van der Waals surface area contributed by atoms with Crippen LogP contribution in [0.4, 0.5) is 4.79 Å². The number of carbonyl (C=O) groups is 2. The summed E-state index contributed by atoms with van der Waals surface area (Å²) in [7, 11) is 0. The summed E-state index contributed by atoms with van der Waals surface area (Å²) in [4.78, 5) is 24.3. The molecule has 2 amide bonds. The van der Waals surface area contributed by atoms with Crippen molar-refractivity contribution in [1.82, 2.24) is 10.2 Å². The molecule has 2 N–H and O–H groups in total. The van der Waals surface area contributed by atoms with Crippen molar-refractivity contribution in [3.63, 3.8) is 0 Å². The molecule has 0 aliphatic carbocycles. The van der Waals surface area contributed by atoms with Gasteiger partial charge in [0.25, 0.3) is 0 Å². The van der Waals surface area contributed by atoms with E-state index in [9.17, 15) is 9.59 Å². The number of rotatable bonds is 5. The monoisotopic (exact) mass is 242 g/mol. The summed E-state index contributed by atoms with van der Waals surface area (Å²) >= 11 is 0. The molecular formula is C12H22N2O3. The van der Waals surface area contributed by atoms with Crippen LogP contribution in [0.25, 0.3) is 0 Å². The lowest BCUT2D eigenvalue weighted by molar-refractivity contribution is -0.141. The number of likely N-dealkylation sites (tertiary alicyclic amines) is 1. The number of hydrogen-bond acceptors (Lipinski definition) is 2. The molecule has 5 nitrogen and oxygen atoms in total. The summed E-state index contributed by atoms with van der Waals surface area (Å²) in [6.45, 7) is 4.61. The standard InChI is InChI=1S/C12H22N2O3/c1-3-4-6-9(2)13-12(17)14-8-5-7-10(14)11(15)16/h9-10H,3-8H2,1-2H3,(H,13,17)(H,15,16)/t9?,10-/m0/s1. The average molecular weight is 242 g/mol. The van der Waals surface area contributed by atoms with Crippen molar-refractivity contribution in [1.29, 1.82) is 0 Å². The highest BCUT2D eigenvalue weighted by Crippen LogP contribution is 2.17. The summed E-state index contributed by atoms with van der Waals surface area (Å²) in [6, 6.07) is -0.774. The predicted molar refractivity (Wildman–Crippen MR) is 64.9 cm³/mol. The summed E-state index contributed by atoms with van der Waals surface area (Å²) < 4.78 is 0. The molecule has 98 valence electrons. The van der Waals surface area contributed by atoms with Crippen LogP contribution in [0.2, 0.25) is 0 Å². The fraction of sp³-hybridized carbons (Fsp3) is 0.833. The van der Waals surface area contributed by atoms with Crippen molar-refractivity contribution in [2.75, 3.05) is 6.54 Å². The first kappa shape index (κ1) is 13.8. The number of nitrogens with one attached hydrogen (secondary N) is 1. The van der Waals surface area contributed by atoms with Gasteiger partial charge in [0.15, 0.2) is 0 Å². The third kappa shape index (κ3) is 3.91. The third-order valence-electron chi connectivity index (χ3n) is 3.16. The molecule has 5 heteroatoms. The Kier molecular flexibility index (Phi) is 5.25. The van der Waals surface area contributed by atoms with E-state index in [1.165, 1.54) is 4.90 Å². The van der Waals surface area contributed by atoms with Crippen LogP contribution < -0.4 is 5.32 Å². The third-order valence-corrected chi connectivity index (χ3v) is 3.16. The molecule has 1 unspecified atom stereocenters. The summed E-state index contributed by atoms with van der Waals surface area (Å²) in [5, 5.41) is 11.9. The van der Waals surface area contributed by atoms with Gasteiger partial charge in [-0.1, -0.05) is 19.8 Å². The van der Waals surface area contributed by atoms with Crippen LogP contribution in [-0.4, -0.2) is 40.6 Å². The number of unbranched alkanes of at least 4 members (excludes halogenated alkanes) is 1. The van der Waals surface area contributed by atoms with E-state index in [4.69, 9.17) is 5.11 Å². The fourth-order valence-electron chi connectivity index (χ4n) is 2.14. The number of carboxylic acid groups (broad SMARTS) is 1. The number of nitrogens with zero attached hydrogens (tertiary/aromatic N) is 1. The van der Waals surface area contributed by atoms with Gasteiger partial charge in [-0.3, -0.25) is 0 Å².